The van der Waals surface area contributed by atoms with E-state index in [0.717, 1.165) is 29.1 Å². The summed E-state index contributed by atoms with van der Waals surface area (Å²) in [6, 6.07) is 11.7. The predicted molar refractivity (Wildman–Crippen MR) is 141 cm³/mol. The van der Waals surface area contributed by atoms with Crippen molar-refractivity contribution < 1.29 is 27.8 Å². The first-order valence-electron chi connectivity index (χ1n) is 12.0. The number of hydrogen-bond acceptors (Lipinski definition) is 8. The molecule has 2 N–H and O–H groups in total. The third-order valence-electron chi connectivity index (χ3n) is 5.81. The van der Waals surface area contributed by atoms with Crippen molar-refractivity contribution in [3.63, 3.8) is 0 Å². The number of rotatable bonds is 11. The standard InChI is InChI=1S/C26H29N3O6S2/c1-2-19-16-36-26(27-19)21(14-17-4-7-20(8-5-17)29-37(32)33)28-25(31)11-9-22(30)18-6-10-23-24(15-18)35-13-3-12-34-23/h4-8,10,15-16,21,29H,2-3,9,11-14H2,1H3,(H,28,31)(H,32,33)/p-1/t21-/m0/s1. The quantitative estimate of drug-likeness (QED) is 0.275. The molecule has 0 saturated carbocycles. The van der Waals surface area contributed by atoms with E-state index in [-0.39, 0.29) is 30.6 Å². The number of amides is 1. The van der Waals surface area contributed by atoms with Crippen LogP contribution in [-0.2, 0) is 28.9 Å². The summed E-state index contributed by atoms with van der Waals surface area (Å²) in [5, 5.41) is 5.78. The lowest BCUT2D eigenvalue weighted by molar-refractivity contribution is -0.121. The fourth-order valence-electron chi connectivity index (χ4n) is 3.86. The van der Waals surface area contributed by atoms with Crippen molar-refractivity contribution in [2.75, 3.05) is 17.9 Å². The maximum absolute atomic E-state index is 12.9. The van der Waals surface area contributed by atoms with Crippen LogP contribution >= 0.6 is 11.3 Å². The summed E-state index contributed by atoms with van der Waals surface area (Å²) < 4.78 is 35.3. The van der Waals surface area contributed by atoms with Crippen LogP contribution in [0.5, 0.6) is 11.5 Å². The van der Waals surface area contributed by atoms with Crippen LogP contribution in [-0.4, -0.2) is 38.6 Å². The van der Waals surface area contributed by atoms with E-state index in [1.807, 2.05) is 12.3 Å². The number of ketones is 1. The molecule has 0 bridgehead atoms. The average molecular weight is 543 g/mol. The molecule has 1 amide bonds. The number of nitrogens with one attached hydrogen (secondary N) is 2. The molecule has 1 aliphatic heterocycles. The molecule has 3 aromatic rings. The molecule has 0 aliphatic carbocycles. The van der Waals surface area contributed by atoms with E-state index in [2.05, 4.69) is 15.0 Å². The number of anilines is 1. The number of benzene rings is 2. The van der Waals surface area contributed by atoms with Gasteiger partial charge in [-0.15, -0.1) is 11.3 Å². The van der Waals surface area contributed by atoms with Gasteiger partial charge in [0.25, 0.3) is 0 Å². The van der Waals surface area contributed by atoms with Crippen molar-refractivity contribution >= 4 is 40.0 Å². The van der Waals surface area contributed by atoms with Crippen molar-refractivity contribution in [2.24, 2.45) is 0 Å². The summed E-state index contributed by atoms with van der Waals surface area (Å²) >= 11 is -0.919. The van der Waals surface area contributed by atoms with E-state index < -0.39 is 11.3 Å². The third-order valence-corrected chi connectivity index (χ3v) is 7.22. The maximum atomic E-state index is 12.9. The first kappa shape index (κ1) is 26.8. The number of hydrogen-bond donors (Lipinski definition) is 2. The summed E-state index contributed by atoms with van der Waals surface area (Å²) in [7, 11) is 0. The van der Waals surface area contributed by atoms with Crippen molar-refractivity contribution in [1.82, 2.24) is 10.3 Å². The van der Waals surface area contributed by atoms with E-state index in [0.29, 0.717) is 42.4 Å². The van der Waals surface area contributed by atoms with Crippen LogP contribution in [0.4, 0.5) is 5.69 Å². The molecule has 0 spiro atoms. The number of carbonyl (C=O) groups excluding carboxylic acids is 2. The molecule has 0 saturated heterocycles. The SMILES string of the molecule is CCc1csc([C@H](Cc2ccc(NS(=O)[O-])cc2)NC(=O)CCC(=O)c2ccc3c(c2)OCCCO3)n1. The Morgan fingerprint density at radius 1 is 1.11 bits per heavy atom. The average Bonchev–Trinajstić information content (AvgIpc) is 3.25. The highest BCUT2D eigenvalue weighted by Crippen LogP contribution is 2.31. The van der Waals surface area contributed by atoms with Crippen LogP contribution in [0.15, 0.2) is 47.8 Å². The lowest BCUT2D eigenvalue weighted by atomic mass is 10.0. The summed E-state index contributed by atoms with van der Waals surface area (Å²) in [6.07, 6.45) is 2.13. The zero-order valence-electron chi connectivity index (χ0n) is 20.4. The minimum atomic E-state index is -2.40. The van der Waals surface area contributed by atoms with Gasteiger partial charge in [0.2, 0.25) is 5.91 Å². The molecular formula is C26H28N3O6S2-. The lowest BCUT2D eigenvalue weighted by Crippen LogP contribution is -2.30. The molecule has 1 aliphatic rings. The van der Waals surface area contributed by atoms with Gasteiger partial charge in [-0.2, -0.15) is 0 Å². The Bertz CT molecular complexity index is 1260. The van der Waals surface area contributed by atoms with Gasteiger partial charge in [0.05, 0.1) is 24.9 Å². The van der Waals surface area contributed by atoms with Crippen molar-refractivity contribution in [3.05, 3.63) is 69.7 Å². The summed E-state index contributed by atoms with van der Waals surface area (Å²) in [4.78, 5) is 30.3. The van der Waals surface area contributed by atoms with Crippen LogP contribution in [0.2, 0.25) is 0 Å². The van der Waals surface area contributed by atoms with Crippen molar-refractivity contribution in [1.29, 1.82) is 0 Å². The van der Waals surface area contributed by atoms with Crippen LogP contribution in [0, 0.1) is 0 Å². The number of thiazole rings is 1. The van der Waals surface area contributed by atoms with Crippen molar-refractivity contribution in [2.45, 2.75) is 45.1 Å². The van der Waals surface area contributed by atoms with E-state index in [4.69, 9.17) is 9.47 Å². The Hall–Kier alpha value is -3.28. The lowest BCUT2D eigenvalue weighted by Gasteiger charge is -2.17. The number of aromatic nitrogens is 1. The molecule has 1 aromatic heterocycles. The normalized spacial score (nSPS) is 14.3. The van der Waals surface area contributed by atoms with Crippen LogP contribution in [0.1, 0.15) is 58.9 Å². The number of aryl methyl sites for hydroxylation is 1. The van der Waals surface area contributed by atoms with Crippen LogP contribution in [0.25, 0.3) is 0 Å². The number of Topliss-reactive ketones (excluding diaryl/α,β-unsaturated/α-hetero) is 1. The molecule has 0 radical (unpaired) electrons. The van der Waals surface area contributed by atoms with Gasteiger partial charge in [0.15, 0.2) is 17.3 Å². The zero-order valence-corrected chi connectivity index (χ0v) is 22.0. The molecule has 9 nitrogen and oxygen atoms in total. The smallest absolute Gasteiger partial charge is 0.221 e. The molecule has 37 heavy (non-hydrogen) atoms. The molecule has 0 fully saturated rings. The van der Waals surface area contributed by atoms with E-state index in [1.54, 1.807) is 42.5 Å². The molecule has 2 atom stereocenters. The fraction of sp³-hybridized carbons (Fsp3) is 0.346. The Morgan fingerprint density at radius 2 is 1.86 bits per heavy atom. The molecule has 196 valence electrons. The number of ether oxygens (including phenoxy) is 2. The second-order valence-electron chi connectivity index (χ2n) is 8.52. The third kappa shape index (κ3) is 7.61. The number of fused-ring (bicyclic) bond motifs is 1. The largest absolute Gasteiger partial charge is 0.755 e. The molecule has 2 heterocycles. The first-order chi connectivity index (χ1) is 17.9. The summed E-state index contributed by atoms with van der Waals surface area (Å²) in [6.45, 7) is 3.12. The topological polar surface area (TPSA) is 130 Å². The number of carbonyl (C=O) groups is 2. The van der Waals surface area contributed by atoms with Crippen LogP contribution in [0.3, 0.4) is 0 Å². The van der Waals surface area contributed by atoms with Gasteiger partial charge in [-0.05, 0) is 48.7 Å². The minimum absolute atomic E-state index is 0.0357. The predicted octanol–water partition coefficient (Wildman–Crippen LogP) is 4.14. The van der Waals surface area contributed by atoms with Crippen LogP contribution < -0.4 is 19.5 Å². The monoisotopic (exact) mass is 542 g/mol. The Kier molecular flexibility index (Phi) is 9.26. The maximum Gasteiger partial charge on any atom is 0.221 e. The molecule has 4 rings (SSSR count). The van der Waals surface area contributed by atoms with Crippen molar-refractivity contribution in [3.8, 4) is 11.5 Å². The zero-order chi connectivity index (χ0) is 26.2. The molecular weight excluding hydrogens is 514 g/mol. The van der Waals surface area contributed by atoms with Gasteiger partial charge in [-0.1, -0.05) is 19.1 Å². The highest BCUT2D eigenvalue weighted by Gasteiger charge is 2.20. The van der Waals surface area contributed by atoms with Gasteiger partial charge < -0.3 is 24.1 Å². The minimum Gasteiger partial charge on any atom is -0.755 e. The fourth-order valence-corrected chi connectivity index (χ4v) is 5.14. The Balaban J connectivity index is 1.39. The van der Waals surface area contributed by atoms with E-state index in [1.165, 1.54) is 11.3 Å². The molecule has 2 aromatic carbocycles. The molecule has 11 heteroatoms. The highest BCUT2D eigenvalue weighted by molar-refractivity contribution is 7.80. The first-order valence-corrected chi connectivity index (χ1v) is 14.0. The van der Waals surface area contributed by atoms with Gasteiger partial charge in [-0.25, -0.2) is 4.98 Å². The second kappa shape index (κ2) is 12.8. The highest BCUT2D eigenvalue weighted by atomic mass is 32.2. The Morgan fingerprint density at radius 3 is 2.57 bits per heavy atom. The second-order valence-corrected chi connectivity index (χ2v) is 10.1. The number of nitrogens with zero attached hydrogens (tertiary/aromatic N) is 1. The van der Waals surface area contributed by atoms with Gasteiger partial charge in [-0.3, -0.25) is 13.8 Å². The summed E-state index contributed by atoms with van der Waals surface area (Å²) in [5.74, 6) is 0.769. The van der Waals surface area contributed by atoms with Gasteiger partial charge >= 0.3 is 0 Å². The van der Waals surface area contributed by atoms with E-state index >= 15 is 0 Å². The van der Waals surface area contributed by atoms with E-state index in [9.17, 15) is 18.4 Å². The van der Waals surface area contributed by atoms with Gasteiger partial charge in [0.1, 0.15) is 5.01 Å². The Labute approximate surface area is 222 Å². The summed E-state index contributed by atoms with van der Waals surface area (Å²) in [5.41, 5.74) is 2.78. The molecule has 1 unspecified atom stereocenters. The van der Waals surface area contributed by atoms with Gasteiger partial charge in [0, 0.05) is 47.2 Å².